The number of anilines is 1. The third-order valence-electron chi connectivity index (χ3n) is 4.43. The number of hydrogen-bond acceptors (Lipinski definition) is 6. The Morgan fingerprint density at radius 3 is 2.46 bits per heavy atom. The predicted octanol–water partition coefficient (Wildman–Crippen LogP) is 1.47. The minimum atomic E-state index is 0.159. The van der Waals surface area contributed by atoms with Crippen LogP contribution in [0.5, 0.6) is 17.2 Å². The number of phenolic OH excluding ortho intramolecular Hbond substituents is 1. The molecule has 0 atom stereocenters. The van der Waals surface area contributed by atoms with Crippen LogP contribution in [-0.2, 0) is 13.6 Å². The number of nitrogens with zero attached hydrogens (tertiary/aromatic N) is 4. The van der Waals surface area contributed by atoms with Crippen LogP contribution in [0.15, 0.2) is 24.5 Å². The Morgan fingerprint density at radius 1 is 1.12 bits per heavy atom. The van der Waals surface area contributed by atoms with E-state index in [1.807, 2.05) is 36.3 Å². The zero-order valence-corrected chi connectivity index (χ0v) is 14.4. The molecule has 3 rings (SSSR count). The third-order valence-corrected chi connectivity index (χ3v) is 4.43. The normalized spacial score (nSPS) is 15.5. The van der Waals surface area contributed by atoms with Gasteiger partial charge in [-0.3, -0.25) is 9.58 Å². The molecule has 1 aliphatic heterocycles. The fourth-order valence-corrected chi connectivity index (χ4v) is 3.06. The van der Waals surface area contributed by atoms with E-state index >= 15 is 0 Å². The summed E-state index contributed by atoms with van der Waals surface area (Å²) < 4.78 is 12.3. The van der Waals surface area contributed by atoms with Crippen molar-refractivity contribution in [2.75, 3.05) is 45.3 Å². The van der Waals surface area contributed by atoms with E-state index in [2.05, 4.69) is 14.9 Å². The predicted molar refractivity (Wildman–Crippen MR) is 91.9 cm³/mol. The van der Waals surface area contributed by atoms with Gasteiger partial charge in [0, 0.05) is 51.5 Å². The molecule has 1 aromatic carbocycles. The second-order valence-electron chi connectivity index (χ2n) is 5.94. The van der Waals surface area contributed by atoms with Crippen molar-refractivity contribution in [1.29, 1.82) is 0 Å². The zero-order chi connectivity index (χ0) is 17.1. The Balaban J connectivity index is 1.64. The van der Waals surface area contributed by atoms with Gasteiger partial charge in [0.1, 0.15) is 0 Å². The fraction of sp³-hybridized carbons (Fsp3) is 0.471. The van der Waals surface area contributed by atoms with Crippen molar-refractivity contribution in [3.8, 4) is 17.2 Å². The van der Waals surface area contributed by atoms with Gasteiger partial charge in [-0.15, -0.1) is 0 Å². The van der Waals surface area contributed by atoms with Gasteiger partial charge in [0.05, 0.1) is 26.1 Å². The van der Waals surface area contributed by atoms with E-state index in [0.29, 0.717) is 18.0 Å². The van der Waals surface area contributed by atoms with Crippen LogP contribution in [0, 0.1) is 0 Å². The summed E-state index contributed by atoms with van der Waals surface area (Å²) in [5, 5.41) is 14.6. The number of aryl methyl sites for hydroxylation is 1. The molecule has 1 fully saturated rings. The molecule has 1 aromatic heterocycles. The number of phenols is 1. The average Bonchev–Trinajstić information content (AvgIpc) is 3.03. The van der Waals surface area contributed by atoms with Crippen LogP contribution in [0.2, 0.25) is 0 Å². The van der Waals surface area contributed by atoms with Gasteiger partial charge in [0.15, 0.2) is 11.5 Å². The number of aromatic hydroxyl groups is 1. The van der Waals surface area contributed by atoms with Gasteiger partial charge in [-0.2, -0.15) is 5.10 Å². The monoisotopic (exact) mass is 332 g/mol. The summed E-state index contributed by atoms with van der Waals surface area (Å²) in [5.41, 5.74) is 2.01. The van der Waals surface area contributed by atoms with E-state index in [1.54, 1.807) is 7.11 Å². The molecule has 0 unspecified atom stereocenters. The number of methoxy groups -OCH3 is 2. The van der Waals surface area contributed by atoms with Gasteiger partial charge in [0.25, 0.3) is 0 Å². The molecular weight excluding hydrogens is 308 g/mol. The summed E-state index contributed by atoms with van der Waals surface area (Å²) in [5.74, 6) is 1.09. The van der Waals surface area contributed by atoms with Crippen molar-refractivity contribution in [2.24, 2.45) is 7.05 Å². The maximum Gasteiger partial charge on any atom is 0.203 e. The van der Waals surface area contributed by atoms with Gasteiger partial charge in [-0.1, -0.05) is 6.07 Å². The second kappa shape index (κ2) is 7.00. The lowest BCUT2D eigenvalue weighted by atomic mass is 10.1. The quantitative estimate of drug-likeness (QED) is 0.894. The molecule has 0 radical (unpaired) electrons. The van der Waals surface area contributed by atoms with Gasteiger partial charge in [0.2, 0.25) is 5.75 Å². The van der Waals surface area contributed by atoms with Gasteiger partial charge < -0.3 is 19.5 Å². The highest BCUT2D eigenvalue weighted by Gasteiger charge is 2.21. The highest BCUT2D eigenvalue weighted by Crippen LogP contribution is 2.39. The summed E-state index contributed by atoms with van der Waals surface area (Å²) in [4.78, 5) is 4.66. The van der Waals surface area contributed by atoms with Crippen LogP contribution >= 0.6 is 0 Å². The highest BCUT2D eigenvalue weighted by molar-refractivity contribution is 5.54. The molecule has 0 saturated carbocycles. The third kappa shape index (κ3) is 3.26. The largest absolute Gasteiger partial charge is 0.504 e. The summed E-state index contributed by atoms with van der Waals surface area (Å²) in [6.07, 6.45) is 3.94. The van der Waals surface area contributed by atoms with Crippen molar-refractivity contribution >= 4 is 5.69 Å². The van der Waals surface area contributed by atoms with Crippen LogP contribution in [0.3, 0.4) is 0 Å². The van der Waals surface area contributed by atoms with Crippen molar-refractivity contribution in [3.63, 3.8) is 0 Å². The van der Waals surface area contributed by atoms with E-state index in [-0.39, 0.29) is 5.75 Å². The molecule has 1 aliphatic rings. The maximum atomic E-state index is 10.4. The zero-order valence-electron chi connectivity index (χ0n) is 14.4. The van der Waals surface area contributed by atoms with E-state index in [9.17, 15) is 5.11 Å². The molecule has 0 bridgehead atoms. The first-order valence-corrected chi connectivity index (χ1v) is 8.01. The van der Waals surface area contributed by atoms with Crippen LogP contribution in [-0.4, -0.2) is 60.2 Å². The van der Waals surface area contributed by atoms with Crippen LogP contribution in [0.4, 0.5) is 5.69 Å². The molecule has 1 N–H and O–H groups in total. The highest BCUT2D eigenvalue weighted by atomic mass is 16.5. The summed E-state index contributed by atoms with van der Waals surface area (Å²) in [6.45, 7) is 4.44. The Morgan fingerprint density at radius 2 is 1.88 bits per heavy atom. The minimum Gasteiger partial charge on any atom is -0.504 e. The molecular formula is C17H24N4O3. The number of ether oxygens (including phenoxy) is 2. The van der Waals surface area contributed by atoms with E-state index in [0.717, 1.165) is 37.4 Å². The lowest BCUT2D eigenvalue weighted by Crippen LogP contribution is -2.45. The standard InChI is InChI=1S/C17H24N4O3/c1-19-12-14(10-18-19)21-8-6-20(7-9-21)11-13-4-5-15(23-2)17(24-3)16(13)22/h4-5,10,12,22H,6-9,11H2,1-3H3. The first-order chi connectivity index (χ1) is 11.6. The van der Waals surface area contributed by atoms with Gasteiger partial charge in [-0.05, 0) is 6.07 Å². The number of piperazine rings is 1. The number of rotatable bonds is 5. The molecule has 24 heavy (non-hydrogen) atoms. The van der Waals surface area contributed by atoms with Crippen molar-refractivity contribution in [1.82, 2.24) is 14.7 Å². The smallest absolute Gasteiger partial charge is 0.203 e. The van der Waals surface area contributed by atoms with E-state index in [4.69, 9.17) is 9.47 Å². The van der Waals surface area contributed by atoms with E-state index < -0.39 is 0 Å². The molecule has 0 aliphatic carbocycles. The van der Waals surface area contributed by atoms with E-state index in [1.165, 1.54) is 7.11 Å². The number of benzene rings is 1. The van der Waals surface area contributed by atoms with Crippen LogP contribution < -0.4 is 14.4 Å². The Hall–Kier alpha value is -2.41. The molecule has 2 aromatic rings. The molecule has 1 saturated heterocycles. The molecule has 0 amide bonds. The topological polar surface area (TPSA) is 63.0 Å². The first-order valence-electron chi connectivity index (χ1n) is 8.01. The van der Waals surface area contributed by atoms with Crippen molar-refractivity contribution < 1.29 is 14.6 Å². The first kappa shape index (κ1) is 16.4. The van der Waals surface area contributed by atoms with Crippen LogP contribution in [0.1, 0.15) is 5.56 Å². The second-order valence-corrected chi connectivity index (χ2v) is 5.94. The fourth-order valence-electron chi connectivity index (χ4n) is 3.06. The maximum absolute atomic E-state index is 10.4. The summed E-state index contributed by atoms with van der Waals surface area (Å²) in [6, 6.07) is 3.73. The molecule has 130 valence electrons. The lowest BCUT2D eigenvalue weighted by molar-refractivity contribution is 0.245. The summed E-state index contributed by atoms with van der Waals surface area (Å²) >= 11 is 0. The molecule has 7 nitrogen and oxygen atoms in total. The number of hydrogen-bond donors (Lipinski definition) is 1. The van der Waals surface area contributed by atoms with Crippen molar-refractivity contribution in [3.05, 3.63) is 30.1 Å². The van der Waals surface area contributed by atoms with Crippen molar-refractivity contribution in [2.45, 2.75) is 6.54 Å². The SMILES string of the molecule is COc1ccc(CN2CCN(c3cnn(C)c3)CC2)c(O)c1OC. The average molecular weight is 332 g/mol. The summed E-state index contributed by atoms with van der Waals surface area (Å²) in [7, 11) is 5.03. The lowest BCUT2D eigenvalue weighted by Gasteiger charge is -2.35. The Kier molecular flexibility index (Phi) is 4.80. The molecule has 0 spiro atoms. The molecule has 7 heteroatoms. The molecule has 2 heterocycles. The van der Waals surface area contributed by atoms with Gasteiger partial charge in [-0.25, -0.2) is 0 Å². The Bertz CT molecular complexity index is 693. The number of aromatic nitrogens is 2. The Labute approximate surface area is 142 Å². The van der Waals surface area contributed by atoms with Gasteiger partial charge >= 0.3 is 0 Å². The van der Waals surface area contributed by atoms with Crippen LogP contribution in [0.25, 0.3) is 0 Å². The minimum absolute atomic E-state index is 0.159.